The summed E-state index contributed by atoms with van der Waals surface area (Å²) in [5.74, 6) is -1.79. The van der Waals surface area contributed by atoms with E-state index in [-0.39, 0.29) is 41.2 Å². The number of nitrogens with zero attached hydrogens (tertiary/aromatic N) is 4. The molecule has 0 aliphatic carbocycles. The predicted octanol–water partition coefficient (Wildman–Crippen LogP) is 3.53. The number of aromatic amines is 1. The largest absolute Gasteiger partial charge is 0.508 e. The maximum atomic E-state index is 14.1. The first-order chi connectivity index (χ1) is 15.4. The number of guanidine groups is 1. The van der Waals surface area contributed by atoms with Crippen LogP contribution >= 0.6 is 0 Å². The zero-order valence-electron chi connectivity index (χ0n) is 17.8. The molecule has 0 bridgehead atoms. The quantitative estimate of drug-likeness (QED) is 0.260. The van der Waals surface area contributed by atoms with E-state index in [0.29, 0.717) is 0 Å². The Kier molecular flexibility index (Phi) is 6.70. The van der Waals surface area contributed by atoms with Gasteiger partial charge >= 0.3 is 6.18 Å². The Bertz CT molecular complexity index is 1180. The van der Waals surface area contributed by atoms with E-state index < -0.39 is 29.2 Å². The minimum atomic E-state index is -4.82. The zero-order valence-corrected chi connectivity index (χ0v) is 17.8. The number of aromatic nitrogens is 4. The number of hydrogen-bond acceptors (Lipinski definition) is 5. The normalized spacial score (nSPS) is 12.3. The number of hydrogen-bond donors (Lipinski definition) is 4. The summed E-state index contributed by atoms with van der Waals surface area (Å²) in [6.45, 7) is 3.98. The number of aryl methyl sites for hydroxylation is 1. The van der Waals surface area contributed by atoms with Crippen molar-refractivity contribution in [1.29, 1.82) is 0 Å². The molecule has 0 aliphatic rings. The molecule has 9 nitrogen and oxygen atoms in total. The Labute approximate surface area is 185 Å². The number of phenolic OH excluding ortho intramolecular Hbond substituents is 1. The molecule has 4 N–H and O–H groups in total. The van der Waals surface area contributed by atoms with E-state index in [0.717, 1.165) is 16.9 Å². The molecule has 0 atom stereocenters. The fraction of sp³-hybridized carbons (Fsp3) is 0.300. The molecule has 1 aromatic carbocycles. The molecule has 0 saturated carbocycles. The third-order valence-corrected chi connectivity index (χ3v) is 4.25. The van der Waals surface area contributed by atoms with Crippen molar-refractivity contribution in [2.24, 2.45) is 18.0 Å². The minimum Gasteiger partial charge on any atom is -0.508 e. The molecule has 176 valence electrons. The Hall–Kier alpha value is -3.90. The highest BCUT2D eigenvalue weighted by atomic mass is 19.4. The van der Waals surface area contributed by atoms with Crippen molar-refractivity contribution >= 4 is 17.7 Å². The topological polar surface area (TPSA) is 120 Å². The van der Waals surface area contributed by atoms with Crippen LogP contribution in [0.4, 0.5) is 23.4 Å². The minimum absolute atomic E-state index is 0.0467. The summed E-state index contributed by atoms with van der Waals surface area (Å²) in [4.78, 5) is 16.8. The standard InChI is InChI=1S/C20H21F4N7O2/c1-10(2)8-25-19(27-18(33)13-9-31(3)30-17(13)20(22,23)24)26-16-7-15(28-29-16)12-6-11(32)4-5-14(12)21/h4-7,9-10,32H,8H2,1-3H3,(H3,25,26,27,28,29,33). The lowest BCUT2D eigenvalue weighted by atomic mass is 10.1. The van der Waals surface area contributed by atoms with Crippen LogP contribution < -0.4 is 10.6 Å². The van der Waals surface area contributed by atoms with E-state index in [9.17, 15) is 27.5 Å². The lowest BCUT2D eigenvalue weighted by molar-refractivity contribution is -0.141. The lowest BCUT2D eigenvalue weighted by Crippen LogP contribution is -2.37. The van der Waals surface area contributed by atoms with Gasteiger partial charge in [-0.1, -0.05) is 13.8 Å². The maximum absolute atomic E-state index is 14.1. The number of aliphatic imine (C=N–C) groups is 1. The number of aromatic hydroxyl groups is 1. The number of H-pyrrole nitrogens is 1. The highest BCUT2D eigenvalue weighted by Crippen LogP contribution is 2.30. The van der Waals surface area contributed by atoms with Gasteiger partial charge in [0.2, 0.25) is 5.96 Å². The molecule has 1 amide bonds. The van der Waals surface area contributed by atoms with Gasteiger partial charge in [-0.3, -0.25) is 24.9 Å². The molecule has 3 aromatic rings. The Morgan fingerprint density at radius 3 is 2.70 bits per heavy atom. The second-order valence-electron chi connectivity index (χ2n) is 7.56. The van der Waals surface area contributed by atoms with Gasteiger partial charge in [0, 0.05) is 31.4 Å². The second-order valence-corrected chi connectivity index (χ2v) is 7.56. The summed E-state index contributed by atoms with van der Waals surface area (Å²) in [6, 6.07) is 4.86. The van der Waals surface area contributed by atoms with E-state index in [4.69, 9.17) is 0 Å². The molecule has 2 heterocycles. The van der Waals surface area contributed by atoms with E-state index in [2.05, 4.69) is 30.9 Å². The van der Waals surface area contributed by atoms with Gasteiger partial charge in [0.05, 0.1) is 11.3 Å². The van der Waals surface area contributed by atoms with Crippen LogP contribution in [0.15, 0.2) is 35.5 Å². The molecule has 0 spiro atoms. The summed E-state index contributed by atoms with van der Waals surface area (Å²) < 4.78 is 54.6. The molecule has 0 radical (unpaired) electrons. The van der Waals surface area contributed by atoms with Gasteiger partial charge in [0.25, 0.3) is 5.91 Å². The Morgan fingerprint density at radius 2 is 2.03 bits per heavy atom. The van der Waals surface area contributed by atoms with Gasteiger partial charge in [-0.05, 0) is 24.1 Å². The molecule has 2 aromatic heterocycles. The SMILES string of the molecule is CC(C)CN=C(NC(=O)c1cn(C)nc1C(F)(F)F)Nc1cc(-c2cc(O)ccc2F)[nH]n1. The Morgan fingerprint density at radius 1 is 1.30 bits per heavy atom. The molecule has 33 heavy (non-hydrogen) atoms. The van der Waals surface area contributed by atoms with Crippen LogP contribution in [-0.2, 0) is 13.2 Å². The second kappa shape index (κ2) is 9.30. The van der Waals surface area contributed by atoms with Crippen LogP contribution in [0.3, 0.4) is 0 Å². The fourth-order valence-electron chi connectivity index (χ4n) is 2.79. The van der Waals surface area contributed by atoms with Gasteiger partial charge in [0.15, 0.2) is 11.5 Å². The number of alkyl halides is 3. The number of anilines is 1. The van der Waals surface area contributed by atoms with Crippen LogP contribution in [0.5, 0.6) is 5.75 Å². The first-order valence-corrected chi connectivity index (χ1v) is 9.72. The van der Waals surface area contributed by atoms with Crippen LogP contribution in [0, 0.1) is 11.7 Å². The van der Waals surface area contributed by atoms with Crippen molar-refractivity contribution in [3.8, 4) is 17.0 Å². The fourth-order valence-corrected chi connectivity index (χ4v) is 2.79. The van der Waals surface area contributed by atoms with Crippen LogP contribution in [0.1, 0.15) is 29.9 Å². The average molecular weight is 467 g/mol. The summed E-state index contributed by atoms with van der Waals surface area (Å²) >= 11 is 0. The number of halogens is 4. The van der Waals surface area contributed by atoms with Crippen molar-refractivity contribution in [2.75, 3.05) is 11.9 Å². The average Bonchev–Trinajstić information content (AvgIpc) is 3.34. The predicted molar refractivity (Wildman–Crippen MR) is 112 cm³/mol. The van der Waals surface area contributed by atoms with Gasteiger partial charge in [0.1, 0.15) is 11.6 Å². The molecule has 0 saturated heterocycles. The monoisotopic (exact) mass is 467 g/mol. The van der Waals surface area contributed by atoms with Gasteiger partial charge in [-0.25, -0.2) is 4.39 Å². The number of phenols is 1. The summed E-state index contributed by atoms with van der Waals surface area (Å²) in [5.41, 5.74) is -1.74. The van der Waals surface area contributed by atoms with Crippen LogP contribution in [0.25, 0.3) is 11.3 Å². The summed E-state index contributed by atoms with van der Waals surface area (Å²) in [7, 11) is 1.27. The number of amides is 1. The number of nitrogens with one attached hydrogen (secondary N) is 3. The number of benzene rings is 1. The number of rotatable bonds is 5. The molecular weight excluding hydrogens is 446 g/mol. The van der Waals surface area contributed by atoms with E-state index in [1.54, 1.807) is 0 Å². The number of carbonyl (C=O) groups is 1. The Balaban J connectivity index is 1.85. The van der Waals surface area contributed by atoms with Gasteiger partial charge in [-0.2, -0.15) is 23.4 Å². The first-order valence-electron chi connectivity index (χ1n) is 9.72. The summed E-state index contributed by atoms with van der Waals surface area (Å²) in [6.07, 6.45) is -3.87. The highest BCUT2D eigenvalue weighted by molar-refractivity contribution is 6.10. The lowest BCUT2D eigenvalue weighted by Gasteiger charge is -2.11. The molecule has 0 aliphatic heterocycles. The molecule has 13 heteroatoms. The number of carbonyl (C=O) groups excluding carboxylic acids is 1. The van der Waals surface area contributed by atoms with Crippen molar-refractivity contribution in [3.05, 3.63) is 47.5 Å². The zero-order chi connectivity index (χ0) is 24.3. The van der Waals surface area contributed by atoms with Crippen molar-refractivity contribution in [2.45, 2.75) is 20.0 Å². The molecule has 0 fully saturated rings. The van der Waals surface area contributed by atoms with E-state index in [1.165, 1.54) is 25.2 Å². The van der Waals surface area contributed by atoms with Crippen molar-refractivity contribution in [1.82, 2.24) is 25.3 Å². The van der Waals surface area contributed by atoms with Gasteiger partial charge < -0.3 is 10.4 Å². The third-order valence-electron chi connectivity index (χ3n) is 4.25. The van der Waals surface area contributed by atoms with Gasteiger partial charge in [-0.15, -0.1) is 0 Å². The van der Waals surface area contributed by atoms with E-state index in [1.807, 2.05) is 13.8 Å². The van der Waals surface area contributed by atoms with Crippen molar-refractivity contribution < 1.29 is 27.5 Å². The van der Waals surface area contributed by atoms with Crippen LogP contribution in [0.2, 0.25) is 0 Å². The molecule has 0 unspecified atom stereocenters. The smallest absolute Gasteiger partial charge is 0.435 e. The highest BCUT2D eigenvalue weighted by Gasteiger charge is 2.39. The van der Waals surface area contributed by atoms with Crippen LogP contribution in [-0.4, -0.2) is 43.5 Å². The third kappa shape index (κ3) is 5.87. The maximum Gasteiger partial charge on any atom is 0.435 e. The van der Waals surface area contributed by atoms with E-state index >= 15 is 0 Å². The first kappa shape index (κ1) is 23.8. The van der Waals surface area contributed by atoms with Crippen molar-refractivity contribution in [3.63, 3.8) is 0 Å². The molecular formula is C20H21F4N7O2. The summed E-state index contributed by atoms with van der Waals surface area (Å²) in [5, 5.41) is 24.5. The molecule has 3 rings (SSSR count).